The monoisotopic (exact) mass is 488 g/mol. The van der Waals surface area contributed by atoms with Gasteiger partial charge in [-0.25, -0.2) is 9.67 Å². The molecule has 3 heterocycles. The molecule has 0 radical (unpaired) electrons. The summed E-state index contributed by atoms with van der Waals surface area (Å²) in [5.74, 6) is 0.0518. The Hall–Kier alpha value is -4.24. The van der Waals surface area contributed by atoms with Gasteiger partial charge >= 0.3 is 0 Å². The lowest BCUT2D eigenvalue weighted by molar-refractivity contribution is 0.0951. The molecule has 0 aliphatic heterocycles. The molecule has 10 heteroatoms. The number of carbonyl (C=O) groups is 1. The second kappa shape index (κ2) is 9.55. The van der Waals surface area contributed by atoms with E-state index < -0.39 is 0 Å². The third-order valence-corrected chi connectivity index (χ3v) is 5.98. The second-order valence-corrected chi connectivity index (χ2v) is 8.37. The number of benzene rings is 2. The number of hydrogen-bond acceptors (Lipinski definition) is 6. The van der Waals surface area contributed by atoms with Gasteiger partial charge in [-0.3, -0.25) is 14.2 Å². The highest BCUT2D eigenvalue weighted by atomic mass is 35.5. The summed E-state index contributed by atoms with van der Waals surface area (Å²) < 4.78 is 8.42. The van der Waals surface area contributed by atoms with Gasteiger partial charge in [0.25, 0.3) is 11.5 Å². The van der Waals surface area contributed by atoms with Gasteiger partial charge in [-0.15, -0.1) is 0 Å². The maximum absolute atomic E-state index is 12.9. The van der Waals surface area contributed by atoms with E-state index in [1.54, 1.807) is 34.4 Å². The minimum Gasteiger partial charge on any atom is -0.360 e. The van der Waals surface area contributed by atoms with Crippen LogP contribution in [-0.2, 0) is 13.1 Å². The standard InChI is InChI=1S/C25H21ClN6O3/c1-16-21(22(30-35-16)18-9-5-6-10-20(18)26)24(33)27-11-12-32-23-19(13-29-32)25(34)31(15-28-23)14-17-7-3-2-4-8-17/h2-10,13,15H,11-12,14H2,1H3,(H,27,33). The van der Waals surface area contributed by atoms with Crippen LogP contribution in [0.1, 0.15) is 21.7 Å². The molecule has 1 amide bonds. The van der Waals surface area contributed by atoms with Crippen LogP contribution in [0.2, 0.25) is 5.02 Å². The molecule has 3 aromatic heterocycles. The van der Waals surface area contributed by atoms with E-state index in [4.69, 9.17) is 16.1 Å². The van der Waals surface area contributed by atoms with Crippen molar-refractivity contribution in [1.29, 1.82) is 0 Å². The van der Waals surface area contributed by atoms with Crippen LogP contribution in [0.5, 0.6) is 0 Å². The number of rotatable bonds is 7. The van der Waals surface area contributed by atoms with E-state index in [1.165, 1.54) is 12.5 Å². The van der Waals surface area contributed by atoms with Gasteiger partial charge in [0.05, 0.1) is 24.3 Å². The fourth-order valence-corrected chi connectivity index (χ4v) is 4.12. The molecule has 1 N–H and O–H groups in total. The third-order valence-electron chi connectivity index (χ3n) is 5.65. The van der Waals surface area contributed by atoms with Gasteiger partial charge in [-0.05, 0) is 18.6 Å². The summed E-state index contributed by atoms with van der Waals surface area (Å²) in [6.45, 7) is 2.69. The van der Waals surface area contributed by atoms with Crippen molar-refractivity contribution in [2.24, 2.45) is 0 Å². The molecule has 0 unspecified atom stereocenters. The number of aryl methyl sites for hydroxylation is 1. The normalized spacial score (nSPS) is 11.1. The first kappa shape index (κ1) is 22.5. The molecule has 35 heavy (non-hydrogen) atoms. The van der Waals surface area contributed by atoms with Gasteiger partial charge in [0.15, 0.2) is 5.65 Å². The smallest absolute Gasteiger partial charge is 0.264 e. The zero-order valence-electron chi connectivity index (χ0n) is 18.8. The van der Waals surface area contributed by atoms with Crippen LogP contribution in [0, 0.1) is 6.92 Å². The van der Waals surface area contributed by atoms with E-state index >= 15 is 0 Å². The molecule has 0 atom stereocenters. The van der Waals surface area contributed by atoms with Crippen LogP contribution in [0.3, 0.4) is 0 Å². The maximum atomic E-state index is 12.9. The summed E-state index contributed by atoms with van der Waals surface area (Å²) in [5, 5.41) is 12.1. The molecule has 0 aliphatic rings. The van der Waals surface area contributed by atoms with Crippen molar-refractivity contribution in [3.63, 3.8) is 0 Å². The van der Waals surface area contributed by atoms with Crippen molar-refractivity contribution in [2.75, 3.05) is 6.54 Å². The fraction of sp³-hybridized carbons (Fsp3) is 0.160. The zero-order valence-corrected chi connectivity index (χ0v) is 19.6. The number of amides is 1. The molecule has 0 saturated carbocycles. The van der Waals surface area contributed by atoms with Gasteiger partial charge in [-0.2, -0.15) is 5.10 Å². The topological polar surface area (TPSA) is 108 Å². The van der Waals surface area contributed by atoms with E-state index in [2.05, 4.69) is 20.6 Å². The van der Waals surface area contributed by atoms with Crippen LogP contribution in [0.4, 0.5) is 0 Å². The van der Waals surface area contributed by atoms with Crippen molar-refractivity contribution in [1.82, 2.24) is 29.8 Å². The largest absolute Gasteiger partial charge is 0.360 e. The van der Waals surface area contributed by atoms with Crippen molar-refractivity contribution in [3.05, 3.63) is 99.4 Å². The first-order chi connectivity index (χ1) is 17.0. The number of fused-ring (bicyclic) bond motifs is 1. The Morgan fingerprint density at radius 3 is 2.69 bits per heavy atom. The Kier molecular flexibility index (Phi) is 6.15. The average molecular weight is 489 g/mol. The third kappa shape index (κ3) is 4.45. The highest BCUT2D eigenvalue weighted by molar-refractivity contribution is 6.33. The predicted octanol–water partition coefficient (Wildman–Crippen LogP) is 3.69. The molecular weight excluding hydrogens is 468 g/mol. The summed E-state index contributed by atoms with van der Waals surface area (Å²) in [4.78, 5) is 30.3. The maximum Gasteiger partial charge on any atom is 0.264 e. The van der Waals surface area contributed by atoms with Crippen LogP contribution in [-0.4, -0.2) is 36.9 Å². The zero-order chi connectivity index (χ0) is 24.4. The van der Waals surface area contributed by atoms with Gasteiger partial charge in [0.2, 0.25) is 0 Å². The Morgan fingerprint density at radius 2 is 1.89 bits per heavy atom. The Bertz CT molecular complexity index is 1570. The number of nitrogens with zero attached hydrogens (tertiary/aromatic N) is 5. The summed E-state index contributed by atoms with van der Waals surface area (Å²) in [6.07, 6.45) is 3.03. The van der Waals surface area contributed by atoms with Gasteiger partial charge in [-0.1, -0.05) is 65.3 Å². The van der Waals surface area contributed by atoms with Crippen molar-refractivity contribution >= 4 is 28.5 Å². The van der Waals surface area contributed by atoms with Crippen molar-refractivity contribution in [3.8, 4) is 11.3 Å². The van der Waals surface area contributed by atoms with Crippen LogP contribution in [0.15, 0.2) is 76.4 Å². The van der Waals surface area contributed by atoms with Crippen LogP contribution < -0.4 is 10.9 Å². The molecule has 9 nitrogen and oxygen atoms in total. The van der Waals surface area contributed by atoms with E-state index in [1.807, 2.05) is 36.4 Å². The lowest BCUT2D eigenvalue weighted by Crippen LogP contribution is -2.28. The van der Waals surface area contributed by atoms with Crippen LogP contribution in [0.25, 0.3) is 22.3 Å². The Morgan fingerprint density at radius 1 is 1.11 bits per heavy atom. The molecule has 0 spiro atoms. The van der Waals surface area contributed by atoms with E-state index in [-0.39, 0.29) is 18.0 Å². The highest BCUT2D eigenvalue weighted by Gasteiger charge is 2.23. The fourth-order valence-electron chi connectivity index (χ4n) is 3.89. The average Bonchev–Trinajstić information content (AvgIpc) is 3.45. The quantitative estimate of drug-likeness (QED) is 0.374. The van der Waals surface area contributed by atoms with Crippen molar-refractivity contribution < 1.29 is 9.32 Å². The summed E-state index contributed by atoms with van der Waals surface area (Å²) >= 11 is 6.28. The van der Waals surface area contributed by atoms with E-state index in [9.17, 15) is 9.59 Å². The number of halogens is 1. The van der Waals surface area contributed by atoms with Crippen LogP contribution >= 0.6 is 11.6 Å². The van der Waals surface area contributed by atoms with E-state index in [0.29, 0.717) is 51.7 Å². The molecule has 0 bridgehead atoms. The number of aromatic nitrogens is 5. The number of hydrogen-bond donors (Lipinski definition) is 1. The highest BCUT2D eigenvalue weighted by Crippen LogP contribution is 2.30. The first-order valence-electron chi connectivity index (χ1n) is 11.0. The Labute approximate surface area is 205 Å². The molecule has 5 aromatic rings. The summed E-state index contributed by atoms with van der Waals surface area (Å²) in [7, 11) is 0. The Balaban J connectivity index is 1.30. The van der Waals surface area contributed by atoms with Gasteiger partial charge in [0.1, 0.15) is 28.7 Å². The lowest BCUT2D eigenvalue weighted by atomic mass is 10.1. The van der Waals surface area contributed by atoms with Gasteiger partial charge < -0.3 is 9.84 Å². The summed E-state index contributed by atoms with van der Waals surface area (Å²) in [6, 6.07) is 16.8. The molecule has 2 aromatic carbocycles. The minimum atomic E-state index is -0.340. The summed E-state index contributed by atoms with van der Waals surface area (Å²) in [5.41, 5.74) is 2.63. The predicted molar refractivity (Wildman–Crippen MR) is 131 cm³/mol. The van der Waals surface area contributed by atoms with E-state index in [0.717, 1.165) is 5.56 Å². The molecule has 0 saturated heterocycles. The second-order valence-electron chi connectivity index (χ2n) is 7.97. The molecule has 0 fully saturated rings. The first-order valence-corrected chi connectivity index (χ1v) is 11.3. The minimum absolute atomic E-state index is 0.168. The molecular formula is C25H21ClN6O3. The number of nitrogens with one attached hydrogen (secondary N) is 1. The molecule has 0 aliphatic carbocycles. The number of carbonyl (C=O) groups excluding carboxylic acids is 1. The van der Waals surface area contributed by atoms with Crippen molar-refractivity contribution in [2.45, 2.75) is 20.0 Å². The lowest BCUT2D eigenvalue weighted by Gasteiger charge is -2.08. The molecule has 176 valence electrons. The molecule has 5 rings (SSSR count). The SMILES string of the molecule is Cc1onc(-c2ccccc2Cl)c1C(=O)NCCn1ncc2c(=O)n(Cc3ccccc3)cnc21. The van der Waals surface area contributed by atoms with Gasteiger partial charge in [0, 0.05) is 12.1 Å².